The lowest BCUT2D eigenvalue weighted by Gasteiger charge is -2.17. The van der Waals surface area contributed by atoms with E-state index in [1.165, 1.54) is 0 Å². The fourth-order valence-corrected chi connectivity index (χ4v) is 3.23. The van der Waals surface area contributed by atoms with E-state index in [-0.39, 0.29) is 18.2 Å². The second kappa shape index (κ2) is 8.44. The second-order valence-electron chi connectivity index (χ2n) is 6.65. The summed E-state index contributed by atoms with van der Waals surface area (Å²) in [6.07, 6.45) is 1.13. The third kappa shape index (κ3) is 4.42. The number of amides is 2. The van der Waals surface area contributed by atoms with Gasteiger partial charge in [0.2, 0.25) is 11.8 Å². The maximum Gasteiger partial charge on any atom is 0.229 e. The zero-order valence-electron chi connectivity index (χ0n) is 15.5. The summed E-state index contributed by atoms with van der Waals surface area (Å²) in [5.41, 5.74) is 2.27. The predicted molar refractivity (Wildman–Crippen MR) is 108 cm³/mol. The van der Waals surface area contributed by atoms with Crippen molar-refractivity contribution >= 4 is 34.8 Å². The molecule has 5 nitrogen and oxygen atoms in total. The summed E-state index contributed by atoms with van der Waals surface area (Å²) in [6.45, 7) is 4.92. The van der Waals surface area contributed by atoms with Crippen LogP contribution in [0.3, 0.4) is 0 Å². The zero-order chi connectivity index (χ0) is 19.4. The average molecular weight is 387 g/mol. The number of ether oxygens (including phenoxy) is 1. The molecule has 1 fully saturated rings. The summed E-state index contributed by atoms with van der Waals surface area (Å²) in [5, 5.41) is 3.49. The Hall–Kier alpha value is -2.53. The first-order chi connectivity index (χ1) is 13.0. The molecule has 142 valence electrons. The molecule has 3 rings (SSSR count). The molecule has 0 radical (unpaired) electrons. The lowest BCUT2D eigenvalue weighted by atomic mass is 10.1. The Morgan fingerprint density at radius 3 is 2.70 bits per heavy atom. The van der Waals surface area contributed by atoms with Gasteiger partial charge in [-0.1, -0.05) is 24.6 Å². The van der Waals surface area contributed by atoms with Crippen molar-refractivity contribution in [2.75, 3.05) is 23.4 Å². The molecular formula is C21H23ClN2O3. The van der Waals surface area contributed by atoms with Crippen molar-refractivity contribution < 1.29 is 14.3 Å². The second-order valence-corrected chi connectivity index (χ2v) is 7.06. The molecule has 1 saturated heterocycles. The molecule has 2 amide bonds. The Labute approximate surface area is 164 Å². The minimum absolute atomic E-state index is 0.0554. The number of nitrogens with zero attached hydrogens (tertiary/aromatic N) is 1. The van der Waals surface area contributed by atoms with Crippen LogP contribution in [-0.4, -0.2) is 25.0 Å². The van der Waals surface area contributed by atoms with Gasteiger partial charge in [-0.15, -0.1) is 0 Å². The van der Waals surface area contributed by atoms with Gasteiger partial charge in [0.15, 0.2) is 0 Å². The van der Waals surface area contributed by atoms with E-state index in [9.17, 15) is 9.59 Å². The fraction of sp³-hybridized carbons (Fsp3) is 0.333. The van der Waals surface area contributed by atoms with E-state index in [0.29, 0.717) is 23.9 Å². The van der Waals surface area contributed by atoms with Gasteiger partial charge in [-0.05, 0) is 55.3 Å². The van der Waals surface area contributed by atoms with Gasteiger partial charge in [-0.2, -0.15) is 0 Å². The van der Waals surface area contributed by atoms with E-state index >= 15 is 0 Å². The van der Waals surface area contributed by atoms with Crippen molar-refractivity contribution in [1.82, 2.24) is 0 Å². The van der Waals surface area contributed by atoms with Gasteiger partial charge < -0.3 is 15.0 Å². The molecule has 2 aromatic rings. The Bertz CT molecular complexity index is 836. The van der Waals surface area contributed by atoms with Crippen LogP contribution in [0, 0.1) is 12.8 Å². The third-order valence-electron chi connectivity index (χ3n) is 4.64. The number of anilines is 2. The summed E-state index contributed by atoms with van der Waals surface area (Å²) >= 11 is 6.10. The van der Waals surface area contributed by atoms with Gasteiger partial charge in [0.1, 0.15) is 5.75 Å². The van der Waals surface area contributed by atoms with Crippen molar-refractivity contribution in [2.45, 2.75) is 26.7 Å². The minimum atomic E-state index is -0.396. The third-order valence-corrected chi connectivity index (χ3v) is 5.05. The van der Waals surface area contributed by atoms with Crippen LogP contribution in [0.1, 0.15) is 25.3 Å². The van der Waals surface area contributed by atoms with Crippen molar-refractivity contribution in [3.05, 3.63) is 53.1 Å². The van der Waals surface area contributed by atoms with E-state index in [2.05, 4.69) is 5.32 Å². The van der Waals surface area contributed by atoms with Gasteiger partial charge in [0.05, 0.1) is 12.5 Å². The molecule has 0 spiro atoms. The molecule has 0 bridgehead atoms. The Kier molecular flexibility index (Phi) is 6.01. The lowest BCUT2D eigenvalue weighted by Crippen LogP contribution is -2.28. The molecule has 27 heavy (non-hydrogen) atoms. The molecule has 2 aromatic carbocycles. The van der Waals surface area contributed by atoms with Crippen LogP contribution in [0.25, 0.3) is 0 Å². The van der Waals surface area contributed by atoms with Crippen LogP contribution in [0.15, 0.2) is 42.5 Å². The predicted octanol–water partition coefficient (Wildman–Crippen LogP) is 4.43. The molecular weight excluding hydrogens is 364 g/mol. The first kappa shape index (κ1) is 19.2. The summed E-state index contributed by atoms with van der Waals surface area (Å²) < 4.78 is 5.57. The molecule has 0 unspecified atom stereocenters. The smallest absolute Gasteiger partial charge is 0.229 e. The number of rotatable bonds is 6. The summed E-state index contributed by atoms with van der Waals surface area (Å²) in [4.78, 5) is 26.7. The molecule has 1 aliphatic heterocycles. The quantitative estimate of drug-likeness (QED) is 0.799. The molecule has 0 aliphatic carbocycles. The standard InChI is InChI=1S/C21H23ClN2O3/c1-3-11-27-17-9-7-16(8-10-17)24-13-15(12-20(24)25)21(26)23-19-6-4-5-18(22)14(19)2/h4-10,15H,3,11-13H2,1-2H3,(H,23,26)/t15-/m1/s1. The normalized spacial score (nSPS) is 16.5. The van der Waals surface area contributed by atoms with Crippen molar-refractivity contribution in [1.29, 1.82) is 0 Å². The largest absolute Gasteiger partial charge is 0.494 e. The van der Waals surface area contributed by atoms with Crippen LogP contribution >= 0.6 is 11.6 Å². The molecule has 0 aromatic heterocycles. The van der Waals surface area contributed by atoms with Gasteiger partial charge >= 0.3 is 0 Å². The highest BCUT2D eigenvalue weighted by atomic mass is 35.5. The number of hydrogen-bond donors (Lipinski definition) is 1. The number of nitrogens with one attached hydrogen (secondary N) is 1. The molecule has 1 aliphatic rings. The van der Waals surface area contributed by atoms with Crippen LogP contribution in [0.4, 0.5) is 11.4 Å². The highest BCUT2D eigenvalue weighted by Gasteiger charge is 2.35. The van der Waals surface area contributed by atoms with E-state index in [4.69, 9.17) is 16.3 Å². The lowest BCUT2D eigenvalue weighted by molar-refractivity contribution is -0.122. The minimum Gasteiger partial charge on any atom is -0.494 e. The Balaban J connectivity index is 1.66. The average Bonchev–Trinajstić information content (AvgIpc) is 3.06. The molecule has 1 N–H and O–H groups in total. The number of carbonyl (C=O) groups is 2. The summed E-state index contributed by atoms with van der Waals surface area (Å²) in [5.74, 6) is 0.157. The topological polar surface area (TPSA) is 58.6 Å². The number of hydrogen-bond acceptors (Lipinski definition) is 3. The molecule has 0 saturated carbocycles. The van der Waals surface area contributed by atoms with Crippen LogP contribution in [-0.2, 0) is 9.59 Å². The number of halogens is 1. The Morgan fingerprint density at radius 1 is 1.26 bits per heavy atom. The van der Waals surface area contributed by atoms with Crippen molar-refractivity contribution in [3.63, 3.8) is 0 Å². The van der Waals surface area contributed by atoms with Gasteiger partial charge in [-0.3, -0.25) is 9.59 Å². The summed E-state index contributed by atoms with van der Waals surface area (Å²) in [7, 11) is 0. The highest BCUT2D eigenvalue weighted by Crippen LogP contribution is 2.29. The van der Waals surface area contributed by atoms with E-state index in [1.807, 2.05) is 44.2 Å². The first-order valence-electron chi connectivity index (χ1n) is 9.08. The highest BCUT2D eigenvalue weighted by molar-refractivity contribution is 6.31. The molecule has 1 atom stereocenters. The van der Waals surface area contributed by atoms with Gasteiger partial charge in [0, 0.05) is 29.4 Å². The monoisotopic (exact) mass is 386 g/mol. The number of carbonyl (C=O) groups excluding carboxylic acids is 2. The van der Waals surface area contributed by atoms with Crippen molar-refractivity contribution in [2.24, 2.45) is 5.92 Å². The van der Waals surface area contributed by atoms with E-state index in [0.717, 1.165) is 23.4 Å². The maximum absolute atomic E-state index is 12.6. The Morgan fingerprint density at radius 2 is 2.00 bits per heavy atom. The number of benzene rings is 2. The van der Waals surface area contributed by atoms with Crippen LogP contribution < -0.4 is 15.0 Å². The molecule has 6 heteroatoms. The van der Waals surface area contributed by atoms with E-state index < -0.39 is 5.92 Å². The van der Waals surface area contributed by atoms with Crippen LogP contribution in [0.5, 0.6) is 5.75 Å². The van der Waals surface area contributed by atoms with Gasteiger partial charge in [0.25, 0.3) is 0 Å². The summed E-state index contributed by atoms with van der Waals surface area (Å²) in [6, 6.07) is 12.8. The van der Waals surface area contributed by atoms with Gasteiger partial charge in [-0.25, -0.2) is 0 Å². The fourth-order valence-electron chi connectivity index (χ4n) is 3.05. The van der Waals surface area contributed by atoms with Crippen LogP contribution in [0.2, 0.25) is 5.02 Å². The zero-order valence-corrected chi connectivity index (χ0v) is 16.3. The van der Waals surface area contributed by atoms with Crippen molar-refractivity contribution in [3.8, 4) is 5.75 Å². The maximum atomic E-state index is 12.6. The first-order valence-corrected chi connectivity index (χ1v) is 9.46. The molecule has 1 heterocycles. The van der Waals surface area contributed by atoms with E-state index in [1.54, 1.807) is 17.0 Å². The SMILES string of the molecule is CCCOc1ccc(N2C[C@H](C(=O)Nc3cccc(Cl)c3C)CC2=O)cc1.